The van der Waals surface area contributed by atoms with Crippen LogP contribution in [0.25, 0.3) is 0 Å². The van der Waals surface area contributed by atoms with Crippen molar-refractivity contribution in [2.45, 2.75) is 37.7 Å². The first-order valence-electron chi connectivity index (χ1n) is 6.35. The molecule has 0 saturated heterocycles. The summed E-state index contributed by atoms with van der Waals surface area (Å²) in [6, 6.07) is 5.70. The van der Waals surface area contributed by atoms with Gasteiger partial charge in [0.15, 0.2) is 0 Å². The minimum atomic E-state index is -0.808. The van der Waals surface area contributed by atoms with Crippen molar-refractivity contribution in [3.63, 3.8) is 0 Å². The van der Waals surface area contributed by atoms with E-state index in [0.29, 0.717) is 18.5 Å². The maximum atomic E-state index is 12.8. The van der Waals surface area contributed by atoms with E-state index in [4.69, 9.17) is 0 Å². The second-order valence-corrected chi connectivity index (χ2v) is 5.43. The van der Waals surface area contributed by atoms with Gasteiger partial charge in [0.2, 0.25) is 5.91 Å². The molecular weight excluding hydrogens is 233 g/mol. The molecule has 2 saturated carbocycles. The highest BCUT2D eigenvalue weighted by Crippen LogP contribution is 2.61. The highest BCUT2D eigenvalue weighted by atomic mass is 19.1. The third-order valence-corrected chi connectivity index (χ3v) is 4.36. The Morgan fingerprint density at radius 2 is 1.78 bits per heavy atom. The summed E-state index contributed by atoms with van der Waals surface area (Å²) in [6.07, 6.45) is 3.91. The number of benzene rings is 1. The van der Waals surface area contributed by atoms with Crippen LogP contribution in [0.2, 0.25) is 0 Å². The van der Waals surface area contributed by atoms with Crippen LogP contribution in [0.15, 0.2) is 24.3 Å². The van der Waals surface area contributed by atoms with Gasteiger partial charge in [-0.25, -0.2) is 4.39 Å². The lowest BCUT2D eigenvalue weighted by Crippen LogP contribution is -2.51. The molecule has 1 aromatic carbocycles. The summed E-state index contributed by atoms with van der Waals surface area (Å²) in [5.41, 5.74) is -0.827. The molecule has 3 nitrogen and oxygen atoms in total. The Balaban J connectivity index is 1.74. The summed E-state index contributed by atoms with van der Waals surface area (Å²) < 4.78 is 12.8. The van der Waals surface area contributed by atoms with Gasteiger partial charge in [-0.3, -0.25) is 4.79 Å². The van der Waals surface area contributed by atoms with Crippen LogP contribution < -0.4 is 5.32 Å². The Kier molecular flexibility index (Phi) is 2.45. The Labute approximate surface area is 105 Å². The summed E-state index contributed by atoms with van der Waals surface area (Å²) in [7, 11) is 0. The normalized spacial score (nSPS) is 23.0. The van der Waals surface area contributed by atoms with Crippen molar-refractivity contribution in [3.8, 4) is 0 Å². The van der Waals surface area contributed by atoms with Crippen LogP contribution in [0.4, 0.5) is 10.1 Å². The highest BCUT2D eigenvalue weighted by molar-refractivity contribution is 5.98. The number of carbonyl (C=O) groups excluding carboxylic acids is 1. The van der Waals surface area contributed by atoms with Crippen molar-refractivity contribution in [2.75, 3.05) is 5.32 Å². The van der Waals surface area contributed by atoms with Crippen molar-refractivity contribution < 1.29 is 14.3 Å². The fourth-order valence-electron chi connectivity index (χ4n) is 2.80. The Morgan fingerprint density at radius 1 is 1.17 bits per heavy atom. The van der Waals surface area contributed by atoms with E-state index in [-0.39, 0.29) is 11.7 Å². The van der Waals surface area contributed by atoms with Crippen LogP contribution >= 0.6 is 0 Å². The first-order chi connectivity index (χ1) is 8.56. The van der Waals surface area contributed by atoms with E-state index in [9.17, 15) is 14.3 Å². The van der Waals surface area contributed by atoms with Gasteiger partial charge in [0.05, 0.1) is 11.0 Å². The lowest BCUT2D eigenvalue weighted by molar-refractivity contribution is -0.143. The summed E-state index contributed by atoms with van der Waals surface area (Å²) in [5.74, 6) is -0.455. The zero-order chi connectivity index (χ0) is 12.8. The van der Waals surface area contributed by atoms with Crippen LogP contribution in [0, 0.1) is 11.2 Å². The Hall–Kier alpha value is -1.42. The van der Waals surface area contributed by atoms with Crippen molar-refractivity contribution in [1.29, 1.82) is 0 Å². The zero-order valence-corrected chi connectivity index (χ0v) is 10.1. The minimum absolute atomic E-state index is 0.128. The van der Waals surface area contributed by atoms with Crippen molar-refractivity contribution >= 4 is 11.6 Å². The molecule has 0 spiro atoms. The zero-order valence-electron chi connectivity index (χ0n) is 10.1. The molecule has 2 fully saturated rings. The number of nitrogens with one attached hydrogen (secondary N) is 1. The van der Waals surface area contributed by atoms with Gasteiger partial charge >= 0.3 is 0 Å². The van der Waals surface area contributed by atoms with E-state index in [2.05, 4.69) is 5.32 Å². The number of halogens is 1. The van der Waals surface area contributed by atoms with Gasteiger partial charge < -0.3 is 10.4 Å². The molecule has 18 heavy (non-hydrogen) atoms. The molecule has 0 radical (unpaired) electrons. The summed E-state index contributed by atoms with van der Waals surface area (Å²) in [5, 5.41) is 13.2. The smallest absolute Gasteiger partial charge is 0.233 e. The van der Waals surface area contributed by atoms with Gasteiger partial charge in [-0.15, -0.1) is 0 Å². The maximum absolute atomic E-state index is 12.8. The lowest BCUT2D eigenvalue weighted by atomic mass is 9.68. The standard InChI is InChI=1S/C14H16FNO2/c15-10-2-4-11(5-3-10)16-12(17)13(8-9-13)14(18)6-1-7-14/h2-5,18H,1,6-9H2,(H,16,17). The molecule has 3 rings (SSSR count). The average molecular weight is 249 g/mol. The summed E-state index contributed by atoms with van der Waals surface area (Å²) in [4.78, 5) is 12.3. The molecule has 0 bridgehead atoms. The number of anilines is 1. The van der Waals surface area contributed by atoms with Crippen LogP contribution in [0.5, 0.6) is 0 Å². The summed E-state index contributed by atoms with van der Waals surface area (Å²) in [6.45, 7) is 0. The molecule has 1 aromatic rings. The van der Waals surface area contributed by atoms with Crippen molar-refractivity contribution in [1.82, 2.24) is 0 Å². The molecule has 1 amide bonds. The van der Waals surface area contributed by atoms with Crippen molar-refractivity contribution in [3.05, 3.63) is 30.1 Å². The monoisotopic (exact) mass is 249 g/mol. The fraction of sp³-hybridized carbons (Fsp3) is 0.500. The van der Waals surface area contributed by atoms with E-state index in [0.717, 1.165) is 19.3 Å². The molecule has 0 atom stereocenters. The van der Waals surface area contributed by atoms with Gasteiger partial charge in [0.1, 0.15) is 5.82 Å². The predicted molar refractivity (Wildman–Crippen MR) is 65.5 cm³/mol. The Bertz CT molecular complexity index is 475. The molecule has 96 valence electrons. The summed E-state index contributed by atoms with van der Waals surface area (Å²) >= 11 is 0. The van der Waals surface area contributed by atoms with E-state index in [1.807, 2.05) is 0 Å². The molecule has 2 aliphatic carbocycles. The number of aliphatic hydroxyl groups is 1. The van der Waals surface area contributed by atoms with Crippen LogP contribution in [0.1, 0.15) is 32.1 Å². The quantitative estimate of drug-likeness (QED) is 0.864. The van der Waals surface area contributed by atoms with E-state index in [1.165, 1.54) is 24.3 Å². The molecule has 0 aliphatic heterocycles. The lowest BCUT2D eigenvalue weighted by Gasteiger charge is -2.43. The largest absolute Gasteiger partial charge is 0.389 e. The third kappa shape index (κ3) is 1.63. The topological polar surface area (TPSA) is 49.3 Å². The van der Waals surface area contributed by atoms with E-state index >= 15 is 0 Å². The predicted octanol–water partition coefficient (Wildman–Crippen LogP) is 2.46. The first kappa shape index (κ1) is 11.7. The average Bonchev–Trinajstić information content (AvgIpc) is 3.10. The third-order valence-electron chi connectivity index (χ3n) is 4.36. The number of amides is 1. The molecule has 2 aliphatic rings. The minimum Gasteiger partial charge on any atom is -0.389 e. The van der Waals surface area contributed by atoms with Crippen molar-refractivity contribution in [2.24, 2.45) is 5.41 Å². The van der Waals surface area contributed by atoms with E-state index < -0.39 is 11.0 Å². The molecule has 0 aromatic heterocycles. The van der Waals surface area contributed by atoms with Crippen LogP contribution in [0.3, 0.4) is 0 Å². The van der Waals surface area contributed by atoms with Gasteiger partial charge in [-0.1, -0.05) is 0 Å². The van der Waals surface area contributed by atoms with Crippen LogP contribution in [-0.4, -0.2) is 16.6 Å². The first-order valence-corrected chi connectivity index (χ1v) is 6.35. The van der Waals surface area contributed by atoms with E-state index in [1.54, 1.807) is 0 Å². The molecule has 0 heterocycles. The maximum Gasteiger partial charge on any atom is 0.233 e. The Morgan fingerprint density at radius 3 is 2.22 bits per heavy atom. The van der Waals surface area contributed by atoms with Crippen LogP contribution in [-0.2, 0) is 4.79 Å². The van der Waals surface area contributed by atoms with Gasteiger partial charge in [-0.2, -0.15) is 0 Å². The molecular formula is C14H16FNO2. The number of rotatable bonds is 3. The van der Waals surface area contributed by atoms with Gasteiger partial charge in [0, 0.05) is 5.69 Å². The molecule has 4 heteroatoms. The molecule has 0 unspecified atom stereocenters. The number of carbonyl (C=O) groups is 1. The van der Waals surface area contributed by atoms with Gasteiger partial charge in [0.25, 0.3) is 0 Å². The highest BCUT2D eigenvalue weighted by Gasteiger charge is 2.65. The second-order valence-electron chi connectivity index (χ2n) is 5.43. The SMILES string of the molecule is O=C(Nc1ccc(F)cc1)C1(C2(O)CCC2)CC1. The fourth-order valence-corrected chi connectivity index (χ4v) is 2.80. The second kappa shape index (κ2) is 3.79. The van der Waals surface area contributed by atoms with Gasteiger partial charge in [-0.05, 0) is 56.4 Å². The number of hydrogen-bond donors (Lipinski definition) is 2. The molecule has 2 N–H and O–H groups in total. The number of hydrogen-bond acceptors (Lipinski definition) is 2.